The monoisotopic (exact) mass is 288 g/mol. The van der Waals surface area contributed by atoms with E-state index in [-0.39, 0.29) is 18.2 Å². The number of aromatic nitrogens is 1. The van der Waals surface area contributed by atoms with Crippen LogP contribution in [0.15, 0.2) is 36.0 Å². The average molecular weight is 288 g/mol. The fraction of sp³-hybridized carbons (Fsp3) is 0.214. The second kappa shape index (κ2) is 5.05. The SMILES string of the molecule is O=C(O)CC1CN(C(=O)c2cncs2)c2ccccc21. The molecule has 0 saturated carbocycles. The van der Waals surface area contributed by atoms with Gasteiger partial charge in [0.2, 0.25) is 0 Å². The number of nitrogens with zero attached hydrogens (tertiary/aromatic N) is 2. The van der Waals surface area contributed by atoms with Crippen LogP contribution < -0.4 is 4.90 Å². The lowest BCUT2D eigenvalue weighted by molar-refractivity contribution is -0.137. The molecule has 3 rings (SSSR count). The van der Waals surface area contributed by atoms with Crippen molar-refractivity contribution >= 4 is 28.9 Å². The highest BCUT2D eigenvalue weighted by atomic mass is 32.1. The van der Waals surface area contributed by atoms with Crippen molar-refractivity contribution in [3.8, 4) is 0 Å². The Balaban J connectivity index is 1.94. The Morgan fingerprint density at radius 1 is 1.40 bits per heavy atom. The molecule has 1 atom stereocenters. The van der Waals surface area contributed by atoms with Gasteiger partial charge in [0.1, 0.15) is 4.88 Å². The van der Waals surface area contributed by atoms with E-state index in [1.165, 1.54) is 11.3 Å². The average Bonchev–Trinajstić information content (AvgIpc) is 3.06. The predicted molar refractivity (Wildman–Crippen MR) is 75.2 cm³/mol. The van der Waals surface area contributed by atoms with Crippen molar-refractivity contribution in [1.29, 1.82) is 0 Å². The first-order valence-electron chi connectivity index (χ1n) is 6.18. The van der Waals surface area contributed by atoms with Crippen LogP contribution in [0.4, 0.5) is 5.69 Å². The van der Waals surface area contributed by atoms with E-state index in [4.69, 9.17) is 5.11 Å². The summed E-state index contributed by atoms with van der Waals surface area (Å²) in [6, 6.07) is 7.47. The summed E-state index contributed by atoms with van der Waals surface area (Å²) in [6.07, 6.45) is 1.57. The number of para-hydroxylation sites is 1. The summed E-state index contributed by atoms with van der Waals surface area (Å²) < 4.78 is 0. The number of thiazole rings is 1. The van der Waals surface area contributed by atoms with Crippen LogP contribution in [0.5, 0.6) is 0 Å². The molecule has 1 unspecified atom stereocenters. The number of hydrogen-bond donors (Lipinski definition) is 1. The highest BCUT2D eigenvalue weighted by Crippen LogP contribution is 2.38. The molecule has 1 amide bonds. The van der Waals surface area contributed by atoms with Crippen molar-refractivity contribution in [3.63, 3.8) is 0 Å². The van der Waals surface area contributed by atoms with Crippen molar-refractivity contribution in [2.24, 2.45) is 0 Å². The summed E-state index contributed by atoms with van der Waals surface area (Å²) in [5.74, 6) is -1.12. The number of fused-ring (bicyclic) bond motifs is 1. The van der Waals surface area contributed by atoms with Gasteiger partial charge in [-0.1, -0.05) is 18.2 Å². The first-order chi connectivity index (χ1) is 9.66. The van der Waals surface area contributed by atoms with Gasteiger partial charge in [-0.2, -0.15) is 0 Å². The highest BCUT2D eigenvalue weighted by molar-refractivity contribution is 7.11. The summed E-state index contributed by atoms with van der Waals surface area (Å²) in [5.41, 5.74) is 3.34. The standard InChI is InChI=1S/C14H12N2O3S/c17-13(18)5-9-7-16(11-4-2-1-3-10(9)11)14(19)12-6-15-8-20-12/h1-4,6,8-9H,5,7H2,(H,17,18). The number of carbonyl (C=O) groups excluding carboxylic acids is 1. The summed E-state index contributed by atoms with van der Waals surface area (Å²) in [5, 5.41) is 9.00. The van der Waals surface area contributed by atoms with Gasteiger partial charge >= 0.3 is 5.97 Å². The molecular formula is C14H12N2O3S. The van der Waals surface area contributed by atoms with E-state index in [1.807, 2.05) is 24.3 Å². The van der Waals surface area contributed by atoms with Crippen molar-refractivity contribution in [1.82, 2.24) is 4.98 Å². The predicted octanol–water partition coefficient (Wildman–Crippen LogP) is 2.36. The molecule has 0 fully saturated rings. The first-order valence-corrected chi connectivity index (χ1v) is 7.06. The quantitative estimate of drug-likeness (QED) is 0.941. The zero-order chi connectivity index (χ0) is 14.1. The second-order valence-corrected chi connectivity index (χ2v) is 5.52. The lowest BCUT2D eigenvalue weighted by atomic mass is 9.98. The van der Waals surface area contributed by atoms with Crippen LogP contribution in [0, 0.1) is 0 Å². The molecule has 6 heteroatoms. The zero-order valence-corrected chi connectivity index (χ0v) is 11.3. The summed E-state index contributed by atoms with van der Waals surface area (Å²) in [7, 11) is 0. The minimum atomic E-state index is -0.850. The molecule has 102 valence electrons. The van der Waals surface area contributed by atoms with E-state index >= 15 is 0 Å². The first kappa shape index (κ1) is 12.8. The topological polar surface area (TPSA) is 70.5 Å². The van der Waals surface area contributed by atoms with Crippen LogP contribution in [-0.2, 0) is 4.79 Å². The van der Waals surface area contributed by atoms with Gasteiger partial charge < -0.3 is 10.0 Å². The molecule has 1 aromatic heterocycles. The molecule has 0 aliphatic carbocycles. The van der Waals surface area contributed by atoms with Crippen LogP contribution in [0.25, 0.3) is 0 Å². The van der Waals surface area contributed by atoms with Gasteiger partial charge in [0, 0.05) is 18.2 Å². The van der Waals surface area contributed by atoms with Crippen LogP contribution in [-0.4, -0.2) is 28.5 Å². The Kier molecular flexibility index (Phi) is 3.23. The number of carboxylic acid groups (broad SMARTS) is 1. The third-order valence-electron chi connectivity index (χ3n) is 3.38. The lowest BCUT2D eigenvalue weighted by Gasteiger charge is -2.16. The maximum absolute atomic E-state index is 12.5. The molecule has 1 aromatic carbocycles. The summed E-state index contributed by atoms with van der Waals surface area (Å²) in [6.45, 7) is 0.405. The molecule has 20 heavy (non-hydrogen) atoms. The normalized spacial score (nSPS) is 17.0. The van der Waals surface area contributed by atoms with Crippen molar-refractivity contribution in [2.45, 2.75) is 12.3 Å². The summed E-state index contributed by atoms with van der Waals surface area (Å²) in [4.78, 5) is 29.5. The number of benzene rings is 1. The molecular weight excluding hydrogens is 276 g/mol. The minimum absolute atomic E-state index is 0.0312. The molecule has 0 radical (unpaired) electrons. The Labute approximate surface area is 119 Å². The van der Waals surface area contributed by atoms with E-state index in [2.05, 4.69) is 4.98 Å². The number of hydrogen-bond acceptors (Lipinski definition) is 4. The molecule has 2 heterocycles. The number of carboxylic acids is 1. The number of aliphatic carboxylic acids is 1. The number of rotatable bonds is 3. The van der Waals surface area contributed by atoms with Gasteiger partial charge in [-0.15, -0.1) is 11.3 Å². The Hall–Kier alpha value is -2.21. The molecule has 5 nitrogen and oxygen atoms in total. The molecule has 0 spiro atoms. The minimum Gasteiger partial charge on any atom is -0.481 e. The fourth-order valence-corrected chi connectivity index (χ4v) is 3.10. The van der Waals surface area contributed by atoms with Gasteiger partial charge in [0.15, 0.2) is 0 Å². The third-order valence-corrected chi connectivity index (χ3v) is 4.14. The van der Waals surface area contributed by atoms with E-state index < -0.39 is 5.97 Å². The van der Waals surface area contributed by atoms with Crippen molar-refractivity contribution in [2.75, 3.05) is 11.4 Å². The maximum Gasteiger partial charge on any atom is 0.304 e. The Morgan fingerprint density at radius 3 is 2.90 bits per heavy atom. The van der Waals surface area contributed by atoms with Gasteiger partial charge in [-0.05, 0) is 11.6 Å². The van der Waals surface area contributed by atoms with Crippen molar-refractivity contribution in [3.05, 3.63) is 46.4 Å². The lowest BCUT2D eigenvalue weighted by Crippen LogP contribution is -2.29. The van der Waals surface area contributed by atoms with Crippen LogP contribution in [0.1, 0.15) is 27.6 Å². The Bertz CT molecular complexity index is 654. The molecule has 0 bridgehead atoms. The van der Waals surface area contributed by atoms with Crippen LogP contribution in [0.3, 0.4) is 0 Å². The van der Waals surface area contributed by atoms with E-state index in [0.29, 0.717) is 11.4 Å². The second-order valence-electron chi connectivity index (χ2n) is 4.64. The Morgan fingerprint density at radius 2 is 2.20 bits per heavy atom. The number of anilines is 1. The fourth-order valence-electron chi connectivity index (χ4n) is 2.53. The summed E-state index contributed by atoms with van der Waals surface area (Å²) >= 11 is 1.29. The van der Waals surface area contributed by atoms with Gasteiger partial charge in [-0.25, -0.2) is 0 Å². The van der Waals surface area contributed by atoms with E-state index in [0.717, 1.165) is 11.3 Å². The zero-order valence-electron chi connectivity index (χ0n) is 10.5. The van der Waals surface area contributed by atoms with E-state index in [9.17, 15) is 9.59 Å². The smallest absolute Gasteiger partial charge is 0.304 e. The molecule has 1 aliphatic heterocycles. The molecule has 2 aromatic rings. The number of carbonyl (C=O) groups is 2. The third kappa shape index (κ3) is 2.18. The molecule has 0 saturated heterocycles. The van der Waals surface area contributed by atoms with Gasteiger partial charge in [0.25, 0.3) is 5.91 Å². The van der Waals surface area contributed by atoms with Crippen LogP contribution in [0.2, 0.25) is 0 Å². The van der Waals surface area contributed by atoms with E-state index in [1.54, 1.807) is 16.6 Å². The molecule has 1 N–H and O–H groups in total. The van der Waals surface area contributed by atoms with Crippen molar-refractivity contribution < 1.29 is 14.7 Å². The largest absolute Gasteiger partial charge is 0.481 e. The number of amides is 1. The molecule has 1 aliphatic rings. The highest BCUT2D eigenvalue weighted by Gasteiger charge is 2.34. The maximum atomic E-state index is 12.5. The van der Waals surface area contributed by atoms with Gasteiger partial charge in [-0.3, -0.25) is 14.6 Å². The van der Waals surface area contributed by atoms with Gasteiger partial charge in [0.05, 0.1) is 18.1 Å². The van der Waals surface area contributed by atoms with Crippen LogP contribution >= 0.6 is 11.3 Å².